The fourth-order valence-corrected chi connectivity index (χ4v) is 2.69. The molecule has 1 aromatic rings. The summed E-state index contributed by atoms with van der Waals surface area (Å²) < 4.78 is 4.99. The van der Waals surface area contributed by atoms with E-state index in [0.717, 1.165) is 0 Å². The number of carbonyl (C=O) groups excluding carboxylic acids is 1. The molecule has 1 aliphatic rings. The number of hydrogen-bond donors (Lipinski definition) is 6. The summed E-state index contributed by atoms with van der Waals surface area (Å²) in [7, 11) is 0. The molecule has 0 aromatic heterocycles. The molecule has 2 rings (SSSR count). The van der Waals surface area contributed by atoms with E-state index in [1.807, 2.05) is 0 Å². The van der Waals surface area contributed by atoms with Gasteiger partial charge in [0.2, 0.25) is 0 Å². The number of esters is 1. The number of carbonyl (C=O) groups is 2. The van der Waals surface area contributed by atoms with Gasteiger partial charge in [0.25, 0.3) is 0 Å². The van der Waals surface area contributed by atoms with Crippen LogP contribution in [0.5, 0.6) is 11.5 Å². The van der Waals surface area contributed by atoms with E-state index in [4.69, 9.17) is 9.84 Å². The SMILES string of the molecule is O=C(C/C=C/c1ccc(O)c(O)c1)O[C@@H]1CC(O)(C(=O)O)C[C@H](O)[C@H]1O. The summed E-state index contributed by atoms with van der Waals surface area (Å²) in [4.78, 5) is 23.0. The highest BCUT2D eigenvalue weighted by Gasteiger charge is 2.50. The fraction of sp³-hybridized carbons (Fsp3) is 0.412. The monoisotopic (exact) mass is 368 g/mol. The predicted octanol–water partition coefficient (Wildman–Crippen LogP) is -0.256. The Morgan fingerprint density at radius 1 is 1.19 bits per heavy atom. The van der Waals surface area contributed by atoms with Crippen LogP contribution in [0.1, 0.15) is 24.8 Å². The Hall–Kier alpha value is -2.62. The molecular weight excluding hydrogens is 348 g/mol. The largest absolute Gasteiger partial charge is 0.504 e. The number of phenols is 2. The lowest BCUT2D eigenvalue weighted by atomic mass is 9.79. The Bertz CT molecular complexity index is 714. The number of aromatic hydroxyl groups is 2. The third-order valence-corrected chi connectivity index (χ3v) is 4.14. The molecule has 4 atom stereocenters. The Morgan fingerprint density at radius 3 is 2.50 bits per heavy atom. The fourth-order valence-electron chi connectivity index (χ4n) is 2.69. The van der Waals surface area contributed by atoms with Crippen LogP contribution in [0, 0.1) is 0 Å². The second kappa shape index (κ2) is 7.73. The molecule has 142 valence electrons. The summed E-state index contributed by atoms with van der Waals surface area (Å²) in [5.41, 5.74) is -1.77. The smallest absolute Gasteiger partial charge is 0.335 e. The van der Waals surface area contributed by atoms with Crippen LogP contribution >= 0.6 is 0 Å². The van der Waals surface area contributed by atoms with Crippen molar-refractivity contribution in [1.82, 2.24) is 0 Å². The van der Waals surface area contributed by atoms with Crippen LogP contribution in [0.25, 0.3) is 6.08 Å². The molecule has 6 N–H and O–H groups in total. The normalized spacial score (nSPS) is 28.8. The molecule has 0 heterocycles. The van der Waals surface area contributed by atoms with Crippen LogP contribution < -0.4 is 0 Å². The number of ether oxygens (including phenoxy) is 1. The van der Waals surface area contributed by atoms with Crippen LogP contribution in [0.2, 0.25) is 0 Å². The molecule has 0 aliphatic heterocycles. The number of rotatable bonds is 5. The zero-order chi connectivity index (χ0) is 19.5. The minimum Gasteiger partial charge on any atom is -0.504 e. The zero-order valence-electron chi connectivity index (χ0n) is 13.6. The van der Waals surface area contributed by atoms with Gasteiger partial charge in [-0.2, -0.15) is 0 Å². The average Bonchev–Trinajstić information content (AvgIpc) is 2.55. The number of carboxylic acid groups (broad SMARTS) is 1. The van der Waals surface area contributed by atoms with Gasteiger partial charge in [-0.15, -0.1) is 0 Å². The van der Waals surface area contributed by atoms with Crippen molar-refractivity contribution in [2.24, 2.45) is 0 Å². The van der Waals surface area contributed by atoms with Crippen LogP contribution in [0.15, 0.2) is 24.3 Å². The first-order valence-corrected chi connectivity index (χ1v) is 7.82. The molecule has 1 saturated carbocycles. The number of hydrogen-bond acceptors (Lipinski definition) is 8. The first-order valence-electron chi connectivity index (χ1n) is 7.82. The van der Waals surface area contributed by atoms with Gasteiger partial charge in [0.15, 0.2) is 17.1 Å². The van der Waals surface area contributed by atoms with Crippen LogP contribution in [-0.2, 0) is 14.3 Å². The molecule has 1 aliphatic carbocycles. The van der Waals surface area contributed by atoms with Crippen molar-refractivity contribution in [1.29, 1.82) is 0 Å². The van der Waals surface area contributed by atoms with E-state index in [1.165, 1.54) is 30.4 Å². The number of carboxylic acids is 1. The summed E-state index contributed by atoms with van der Waals surface area (Å²) in [6.07, 6.45) is -2.85. The number of aliphatic hydroxyl groups is 3. The van der Waals surface area contributed by atoms with Crippen LogP contribution in [0.4, 0.5) is 0 Å². The molecule has 1 aromatic carbocycles. The highest BCUT2D eigenvalue weighted by atomic mass is 16.6. The standard InChI is InChI=1S/C17H20O9/c18-10-5-4-9(6-11(10)19)2-1-3-14(21)26-13-8-17(25,16(23)24)7-12(20)15(13)22/h1-2,4-6,12-13,15,18-20,22,25H,3,7-8H2,(H,23,24)/b2-1+/t12-,13+,15+,17?/m0/s1. The Balaban J connectivity index is 1.96. The predicted molar refractivity (Wildman–Crippen MR) is 87.1 cm³/mol. The van der Waals surface area contributed by atoms with Crippen molar-refractivity contribution < 1.29 is 45.0 Å². The molecule has 0 spiro atoms. The van der Waals surface area contributed by atoms with Gasteiger partial charge in [0.1, 0.15) is 12.2 Å². The first-order chi connectivity index (χ1) is 12.1. The molecule has 1 fully saturated rings. The minimum absolute atomic E-state index is 0.230. The Morgan fingerprint density at radius 2 is 1.88 bits per heavy atom. The summed E-state index contributed by atoms with van der Waals surface area (Å²) in [5.74, 6) is -2.97. The van der Waals surface area contributed by atoms with E-state index in [1.54, 1.807) is 0 Å². The summed E-state index contributed by atoms with van der Waals surface area (Å²) in [5, 5.41) is 57.1. The molecule has 0 bridgehead atoms. The van der Waals surface area contributed by atoms with Crippen LogP contribution in [0.3, 0.4) is 0 Å². The molecule has 0 saturated heterocycles. The molecule has 0 radical (unpaired) electrons. The van der Waals surface area contributed by atoms with Crippen molar-refractivity contribution in [2.45, 2.75) is 43.2 Å². The molecular formula is C17H20O9. The topological polar surface area (TPSA) is 165 Å². The molecule has 0 amide bonds. The van der Waals surface area contributed by atoms with Gasteiger partial charge in [0, 0.05) is 12.8 Å². The lowest BCUT2D eigenvalue weighted by Gasteiger charge is -2.39. The second-order valence-corrected chi connectivity index (χ2v) is 6.19. The average molecular weight is 368 g/mol. The third-order valence-electron chi connectivity index (χ3n) is 4.14. The van der Waals surface area contributed by atoms with Gasteiger partial charge in [-0.1, -0.05) is 18.2 Å². The van der Waals surface area contributed by atoms with E-state index in [-0.39, 0.29) is 17.9 Å². The van der Waals surface area contributed by atoms with E-state index in [0.29, 0.717) is 5.56 Å². The van der Waals surface area contributed by atoms with Gasteiger partial charge >= 0.3 is 11.9 Å². The number of benzene rings is 1. The van der Waals surface area contributed by atoms with E-state index < -0.39 is 48.7 Å². The van der Waals surface area contributed by atoms with E-state index >= 15 is 0 Å². The molecule has 9 nitrogen and oxygen atoms in total. The quantitative estimate of drug-likeness (QED) is 0.303. The first kappa shape index (κ1) is 19.7. The number of phenolic OH excluding ortho intramolecular Hbond substituents is 2. The summed E-state index contributed by atoms with van der Waals surface area (Å²) in [6.45, 7) is 0. The van der Waals surface area contributed by atoms with Gasteiger partial charge in [-0.25, -0.2) is 4.79 Å². The van der Waals surface area contributed by atoms with E-state index in [2.05, 4.69) is 0 Å². The van der Waals surface area contributed by atoms with Gasteiger partial charge < -0.3 is 35.4 Å². The van der Waals surface area contributed by atoms with Crippen LogP contribution in [-0.4, -0.2) is 66.5 Å². The minimum atomic E-state index is -2.29. The number of aliphatic hydroxyl groups excluding tert-OH is 2. The molecule has 26 heavy (non-hydrogen) atoms. The van der Waals surface area contributed by atoms with Gasteiger partial charge in [-0.05, 0) is 17.7 Å². The third kappa shape index (κ3) is 4.51. The van der Waals surface area contributed by atoms with Gasteiger partial charge in [-0.3, -0.25) is 4.79 Å². The zero-order valence-corrected chi connectivity index (χ0v) is 13.6. The highest BCUT2D eigenvalue weighted by Crippen LogP contribution is 2.31. The lowest BCUT2D eigenvalue weighted by molar-refractivity contribution is -0.197. The van der Waals surface area contributed by atoms with Crippen molar-refractivity contribution in [3.63, 3.8) is 0 Å². The van der Waals surface area contributed by atoms with Crippen molar-refractivity contribution >= 4 is 18.0 Å². The Labute approximate surface area is 148 Å². The van der Waals surface area contributed by atoms with Crippen molar-refractivity contribution in [2.75, 3.05) is 0 Å². The Kier molecular flexibility index (Phi) is 5.86. The maximum absolute atomic E-state index is 11.9. The summed E-state index contributed by atoms with van der Waals surface area (Å²) in [6, 6.07) is 4.07. The second-order valence-electron chi connectivity index (χ2n) is 6.19. The van der Waals surface area contributed by atoms with Gasteiger partial charge in [0.05, 0.1) is 12.5 Å². The van der Waals surface area contributed by atoms with Crippen molar-refractivity contribution in [3.8, 4) is 11.5 Å². The number of aliphatic carboxylic acids is 1. The molecule has 9 heteroatoms. The maximum Gasteiger partial charge on any atom is 0.335 e. The summed E-state index contributed by atoms with van der Waals surface area (Å²) >= 11 is 0. The maximum atomic E-state index is 11.9. The highest BCUT2D eigenvalue weighted by molar-refractivity contribution is 5.78. The molecule has 1 unspecified atom stereocenters. The van der Waals surface area contributed by atoms with Crippen molar-refractivity contribution in [3.05, 3.63) is 29.8 Å². The lowest BCUT2D eigenvalue weighted by Crippen LogP contribution is -2.57. The van der Waals surface area contributed by atoms with E-state index in [9.17, 15) is 35.1 Å².